The molecule has 1 aliphatic rings. The predicted octanol–water partition coefficient (Wildman–Crippen LogP) is 4.80. The maximum absolute atomic E-state index is 12.4. The lowest BCUT2D eigenvalue weighted by atomic mass is 10.2. The van der Waals surface area contributed by atoms with Gasteiger partial charge >= 0.3 is 5.97 Å². The Labute approximate surface area is 194 Å². The first-order valence-corrected chi connectivity index (χ1v) is 11.8. The van der Waals surface area contributed by atoms with Crippen LogP contribution in [0.4, 0.5) is 11.4 Å². The number of hydrogen-bond acceptors (Lipinski definition) is 7. The molecule has 0 bridgehead atoms. The average Bonchev–Trinajstić information content (AvgIpc) is 3.28. The van der Waals surface area contributed by atoms with Crippen LogP contribution in [0.5, 0.6) is 0 Å². The van der Waals surface area contributed by atoms with Gasteiger partial charge in [-0.1, -0.05) is 36.0 Å². The Balaban J connectivity index is 1.33. The van der Waals surface area contributed by atoms with Gasteiger partial charge in [-0.25, -0.2) is 0 Å². The second kappa shape index (κ2) is 10.0. The number of fused-ring (bicyclic) bond motifs is 2. The molecule has 4 rings (SSSR count). The number of nitrogens with zero attached hydrogens (tertiary/aromatic N) is 1. The molecule has 3 aromatic rings. The van der Waals surface area contributed by atoms with Crippen LogP contribution in [0.15, 0.2) is 70.5 Å². The van der Waals surface area contributed by atoms with Gasteiger partial charge in [0.2, 0.25) is 11.7 Å². The van der Waals surface area contributed by atoms with Crippen molar-refractivity contribution in [1.29, 1.82) is 0 Å². The molecule has 164 valence electrons. The number of hydrogen-bond donors (Lipinski definition) is 1. The van der Waals surface area contributed by atoms with Crippen molar-refractivity contribution in [2.45, 2.75) is 29.7 Å². The molecule has 0 radical (unpaired) electrons. The van der Waals surface area contributed by atoms with Gasteiger partial charge in [0.25, 0.3) is 0 Å². The molecule has 8 heteroatoms. The summed E-state index contributed by atoms with van der Waals surface area (Å²) in [5.74, 6) is -0.790. The Hall–Kier alpha value is -3.10. The van der Waals surface area contributed by atoms with E-state index in [4.69, 9.17) is 4.74 Å². The number of nitrogens with one attached hydrogen (secondary N) is 1. The normalized spacial score (nSPS) is 12.0. The minimum atomic E-state index is -0.415. The van der Waals surface area contributed by atoms with Crippen molar-refractivity contribution >= 4 is 52.1 Å². The number of rotatable bonds is 8. The maximum Gasteiger partial charge on any atom is 0.308 e. The van der Waals surface area contributed by atoms with Crippen LogP contribution in [0.1, 0.15) is 27.9 Å². The first kappa shape index (κ1) is 22.1. The van der Waals surface area contributed by atoms with Crippen molar-refractivity contribution < 1.29 is 19.1 Å². The van der Waals surface area contributed by atoms with Crippen molar-refractivity contribution in [2.24, 2.45) is 0 Å². The highest BCUT2D eigenvalue weighted by molar-refractivity contribution is 7.99. The minimum Gasteiger partial charge on any atom is -0.457 e. The summed E-state index contributed by atoms with van der Waals surface area (Å²) in [6, 6.07) is 19.7. The zero-order chi connectivity index (χ0) is 22.5. The molecule has 0 aliphatic carbocycles. The third-order valence-corrected chi connectivity index (χ3v) is 7.14. The van der Waals surface area contributed by atoms with Gasteiger partial charge < -0.3 is 15.0 Å². The minimum absolute atomic E-state index is 0.127. The Morgan fingerprint density at radius 3 is 2.25 bits per heavy atom. The Bertz CT molecular complexity index is 1110. The number of benzene rings is 2. The summed E-state index contributed by atoms with van der Waals surface area (Å²) < 4.78 is 5.25. The van der Waals surface area contributed by atoms with Crippen LogP contribution in [0.3, 0.4) is 0 Å². The zero-order valence-corrected chi connectivity index (χ0v) is 19.1. The van der Waals surface area contributed by atoms with Gasteiger partial charge in [0.1, 0.15) is 0 Å². The van der Waals surface area contributed by atoms with Crippen molar-refractivity contribution in [3.63, 3.8) is 0 Å². The van der Waals surface area contributed by atoms with Gasteiger partial charge in [-0.3, -0.25) is 14.4 Å². The summed E-state index contributed by atoms with van der Waals surface area (Å²) in [5, 5.41) is 2.70. The molecule has 0 spiro atoms. The highest BCUT2D eigenvalue weighted by Gasteiger charge is 2.23. The van der Waals surface area contributed by atoms with Gasteiger partial charge in [-0.15, -0.1) is 11.3 Å². The highest BCUT2D eigenvalue weighted by Crippen LogP contribution is 2.47. The van der Waals surface area contributed by atoms with Crippen LogP contribution < -0.4 is 10.2 Å². The van der Waals surface area contributed by atoms with Gasteiger partial charge in [0.05, 0.1) is 29.2 Å². The standard InChI is InChI=1S/C24H22N2O4S2/c1-16(27)25-14-17-10-11-23(31-17)20(28)15-30-24(29)12-13-26-18-6-2-4-8-21(18)32-22-9-5-3-7-19(22)26/h2-11H,12-15H2,1H3,(H,25,27). The molecular weight excluding hydrogens is 444 g/mol. The summed E-state index contributed by atoms with van der Waals surface area (Å²) in [5.41, 5.74) is 2.12. The van der Waals surface area contributed by atoms with Crippen LogP contribution >= 0.6 is 23.1 Å². The molecule has 1 N–H and O–H groups in total. The number of ketones is 1. The van der Waals surface area contributed by atoms with Gasteiger partial charge in [-0.05, 0) is 36.4 Å². The van der Waals surface area contributed by atoms with Gasteiger partial charge in [0, 0.05) is 28.1 Å². The second-order valence-electron chi connectivity index (χ2n) is 7.20. The molecule has 0 unspecified atom stereocenters. The number of thiophene rings is 1. The molecule has 1 aliphatic heterocycles. The summed E-state index contributed by atoms with van der Waals surface area (Å²) in [6.07, 6.45) is 0.166. The van der Waals surface area contributed by atoms with Crippen molar-refractivity contribution in [2.75, 3.05) is 18.1 Å². The number of Topliss-reactive ketones (excluding diaryl/α,β-unsaturated/α-hetero) is 1. The first-order chi connectivity index (χ1) is 15.5. The third-order valence-electron chi connectivity index (χ3n) is 4.88. The van der Waals surface area contributed by atoms with Gasteiger partial charge in [0.15, 0.2) is 6.61 Å². The van der Waals surface area contributed by atoms with E-state index in [0.29, 0.717) is 18.0 Å². The molecule has 0 saturated carbocycles. The van der Waals surface area contributed by atoms with Crippen LogP contribution in [0, 0.1) is 0 Å². The molecule has 32 heavy (non-hydrogen) atoms. The Morgan fingerprint density at radius 1 is 0.938 bits per heavy atom. The summed E-state index contributed by atoms with van der Waals surface area (Å²) >= 11 is 3.00. The van der Waals surface area contributed by atoms with E-state index in [2.05, 4.69) is 22.3 Å². The van der Waals surface area contributed by atoms with E-state index < -0.39 is 5.97 Å². The SMILES string of the molecule is CC(=O)NCc1ccc(C(=O)COC(=O)CCN2c3ccccc3Sc3ccccc32)s1. The van der Waals surface area contributed by atoms with Crippen molar-refractivity contribution in [3.8, 4) is 0 Å². The lowest BCUT2D eigenvalue weighted by Gasteiger charge is -2.32. The quantitative estimate of drug-likeness (QED) is 0.380. The number of amides is 1. The fourth-order valence-electron chi connectivity index (χ4n) is 3.35. The molecule has 2 aromatic carbocycles. The largest absolute Gasteiger partial charge is 0.457 e. The lowest BCUT2D eigenvalue weighted by molar-refractivity contribution is -0.142. The molecule has 2 heterocycles. The molecule has 6 nitrogen and oxygen atoms in total. The average molecular weight is 467 g/mol. The first-order valence-electron chi connectivity index (χ1n) is 10.2. The van der Waals surface area contributed by atoms with Crippen LogP contribution in [0.25, 0.3) is 0 Å². The number of carbonyl (C=O) groups is 3. The van der Waals surface area contributed by atoms with Gasteiger partial charge in [-0.2, -0.15) is 0 Å². The van der Waals surface area contributed by atoms with E-state index in [1.54, 1.807) is 23.9 Å². The fourth-order valence-corrected chi connectivity index (χ4v) is 5.32. The van der Waals surface area contributed by atoms with E-state index in [9.17, 15) is 14.4 Å². The van der Waals surface area contributed by atoms with E-state index >= 15 is 0 Å². The summed E-state index contributed by atoms with van der Waals surface area (Å²) in [7, 11) is 0. The van der Waals surface area contributed by atoms with E-state index in [1.807, 2.05) is 36.4 Å². The second-order valence-corrected chi connectivity index (χ2v) is 9.45. The highest BCUT2D eigenvalue weighted by atomic mass is 32.2. The monoisotopic (exact) mass is 466 g/mol. The summed E-state index contributed by atoms with van der Waals surface area (Å²) in [4.78, 5) is 41.5. The Kier molecular flexibility index (Phi) is 6.92. The van der Waals surface area contributed by atoms with Crippen LogP contribution in [-0.2, 0) is 20.9 Å². The van der Waals surface area contributed by atoms with E-state index in [-0.39, 0.29) is 24.7 Å². The number of esters is 1. The molecule has 1 amide bonds. The molecule has 0 saturated heterocycles. The molecule has 1 aromatic heterocycles. The molecule has 0 atom stereocenters. The third kappa shape index (κ3) is 5.20. The Morgan fingerprint density at radius 2 is 1.59 bits per heavy atom. The molecule has 0 fully saturated rings. The molecular formula is C24H22N2O4S2. The van der Waals surface area contributed by atoms with Crippen LogP contribution in [0.2, 0.25) is 0 Å². The predicted molar refractivity (Wildman–Crippen MR) is 126 cm³/mol. The number of anilines is 2. The van der Waals surface area contributed by atoms with E-state index in [0.717, 1.165) is 26.0 Å². The van der Waals surface area contributed by atoms with Crippen molar-refractivity contribution in [3.05, 3.63) is 70.4 Å². The van der Waals surface area contributed by atoms with Crippen LogP contribution in [-0.4, -0.2) is 30.8 Å². The number of ether oxygens (including phenoxy) is 1. The number of carbonyl (C=O) groups excluding carboxylic acids is 3. The maximum atomic E-state index is 12.4. The number of para-hydroxylation sites is 2. The fraction of sp³-hybridized carbons (Fsp3) is 0.208. The summed E-state index contributed by atoms with van der Waals surface area (Å²) in [6.45, 7) is 1.99. The van der Waals surface area contributed by atoms with Crippen molar-refractivity contribution in [1.82, 2.24) is 5.32 Å². The lowest BCUT2D eigenvalue weighted by Crippen LogP contribution is -2.25. The topological polar surface area (TPSA) is 75.7 Å². The smallest absolute Gasteiger partial charge is 0.308 e. The zero-order valence-electron chi connectivity index (χ0n) is 17.5. The van der Waals surface area contributed by atoms with E-state index in [1.165, 1.54) is 18.3 Å².